The molecule has 0 saturated carbocycles. The molecule has 6 nitrogen and oxygen atoms in total. The van der Waals surface area contributed by atoms with Crippen LogP contribution in [-0.4, -0.2) is 34.0 Å². The summed E-state index contributed by atoms with van der Waals surface area (Å²) in [6.45, 7) is 1.47. The number of halogens is 1. The number of aromatic carboxylic acids is 1. The van der Waals surface area contributed by atoms with E-state index < -0.39 is 34.8 Å². The average molecular weight is 243 g/mol. The Hall–Kier alpha value is -2.18. The highest BCUT2D eigenvalue weighted by Gasteiger charge is 2.28. The summed E-state index contributed by atoms with van der Waals surface area (Å²) >= 11 is 0. The number of carboxylic acids is 1. The Morgan fingerprint density at radius 3 is 2.47 bits per heavy atom. The number of Topliss-reactive ketones (excluding diaryl/α,β-unsaturated/α-hetero) is 1. The lowest BCUT2D eigenvalue weighted by molar-refractivity contribution is -0.137. The summed E-state index contributed by atoms with van der Waals surface area (Å²) in [4.78, 5) is 33.2. The molecule has 0 spiro atoms. The van der Waals surface area contributed by atoms with Crippen LogP contribution in [0.5, 0.6) is 0 Å². The van der Waals surface area contributed by atoms with Gasteiger partial charge in [-0.15, -0.1) is 0 Å². The van der Waals surface area contributed by atoms with E-state index in [-0.39, 0.29) is 6.61 Å². The van der Waals surface area contributed by atoms with Crippen molar-refractivity contribution in [1.29, 1.82) is 0 Å². The number of nitrogens with zero attached hydrogens (tertiary/aromatic N) is 1. The predicted octanol–water partition coefficient (Wildman–Crippen LogP) is 0.608. The Morgan fingerprint density at radius 1 is 1.47 bits per heavy atom. The molecule has 0 fully saturated rings. The van der Waals surface area contributed by atoms with Gasteiger partial charge < -0.3 is 14.4 Å². The van der Waals surface area contributed by atoms with Gasteiger partial charge in [-0.05, 0) is 6.92 Å². The fraction of sp³-hybridized carbons (Fsp3) is 0.300. The van der Waals surface area contributed by atoms with Crippen LogP contribution in [0, 0.1) is 5.82 Å². The van der Waals surface area contributed by atoms with Crippen molar-refractivity contribution in [1.82, 2.24) is 4.57 Å². The molecule has 0 amide bonds. The van der Waals surface area contributed by atoms with E-state index in [0.29, 0.717) is 0 Å². The van der Waals surface area contributed by atoms with Crippen molar-refractivity contribution >= 4 is 17.7 Å². The van der Waals surface area contributed by atoms with Crippen molar-refractivity contribution in [2.45, 2.75) is 6.92 Å². The summed E-state index contributed by atoms with van der Waals surface area (Å²) in [6, 6.07) is 0. The van der Waals surface area contributed by atoms with Crippen molar-refractivity contribution < 1.29 is 28.6 Å². The molecule has 0 bridgehead atoms. The SMILES string of the molecule is CCOC(=O)C(=O)c1cn(C)c(C(=O)O)c1F. The van der Waals surface area contributed by atoms with Crippen LogP contribution in [-0.2, 0) is 16.6 Å². The molecule has 17 heavy (non-hydrogen) atoms. The number of carbonyl (C=O) groups excluding carboxylic acids is 2. The average Bonchev–Trinajstić information content (AvgIpc) is 2.53. The second-order valence-electron chi connectivity index (χ2n) is 3.17. The molecule has 0 saturated heterocycles. The van der Waals surface area contributed by atoms with Gasteiger partial charge >= 0.3 is 11.9 Å². The molecule has 0 unspecified atom stereocenters. The fourth-order valence-corrected chi connectivity index (χ4v) is 1.31. The molecule has 1 rings (SSSR count). The highest BCUT2D eigenvalue weighted by Crippen LogP contribution is 2.16. The monoisotopic (exact) mass is 243 g/mol. The number of ether oxygens (including phenoxy) is 1. The Labute approximate surface area is 95.6 Å². The maximum absolute atomic E-state index is 13.6. The molecule has 0 radical (unpaired) electrons. The number of carbonyl (C=O) groups is 3. The van der Waals surface area contributed by atoms with Crippen molar-refractivity contribution in [3.8, 4) is 0 Å². The first kappa shape index (κ1) is 12.9. The first-order valence-corrected chi connectivity index (χ1v) is 4.69. The maximum Gasteiger partial charge on any atom is 0.379 e. The van der Waals surface area contributed by atoms with Crippen LogP contribution >= 0.6 is 0 Å². The zero-order valence-corrected chi connectivity index (χ0v) is 9.19. The third-order valence-corrected chi connectivity index (χ3v) is 2.03. The van der Waals surface area contributed by atoms with E-state index in [1.54, 1.807) is 0 Å². The van der Waals surface area contributed by atoms with Crippen LogP contribution < -0.4 is 0 Å². The highest BCUT2D eigenvalue weighted by atomic mass is 19.1. The normalized spacial score (nSPS) is 10.1. The minimum Gasteiger partial charge on any atom is -0.476 e. The minimum absolute atomic E-state index is 0.0230. The second-order valence-corrected chi connectivity index (χ2v) is 3.17. The molecule has 1 aromatic rings. The molecule has 0 aromatic carbocycles. The van der Waals surface area contributed by atoms with Crippen molar-refractivity contribution in [2.24, 2.45) is 7.05 Å². The number of aromatic nitrogens is 1. The first-order chi connectivity index (χ1) is 7.90. The Bertz CT molecular complexity index is 491. The van der Waals surface area contributed by atoms with Gasteiger partial charge in [0.15, 0.2) is 11.5 Å². The summed E-state index contributed by atoms with van der Waals surface area (Å²) in [6.07, 6.45) is 0.942. The van der Waals surface area contributed by atoms with E-state index in [0.717, 1.165) is 10.8 Å². The summed E-state index contributed by atoms with van der Waals surface area (Å²) in [7, 11) is 1.26. The van der Waals surface area contributed by atoms with Crippen LogP contribution in [0.4, 0.5) is 4.39 Å². The van der Waals surface area contributed by atoms with Crippen LogP contribution in [0.15, 0.2) is 6.20 Å². The van der Waals surface area contributed by atoms with E-state index in [4.69, 9.17) is 5.11 Å². The number of rotatable bonds is 4. The summed E-state index contributed by atoms with van der Waals surface area (Å²) in [5, 5.41) is 8.70. The number of esters is 1. The molecule has 0 atom stereocenters. The molecule has 1 heterocycles. The standard InChI is InChI=1S/C10H10FNO5/c1-3-17-10(16)8(13)5-4-12(2)7(6(5)11)9(14)15/h4H,3H2,1-2H3,(H,14,15). The van der Waals surface area contributed by atoms with E-state index in [9.17, 15) is 18.8 Å². The fourth-order valence-electron chi connectivity index (χ4n) is 1.31. The largest absolute Gasteiger partial charge is 0.476 e. The van der Waals surface area contributed by atoms with Gasteiger partial charge in [0.05, 0.1) is 12.2 Å². The van der Waals surface area contributed by atoms with Crippen molar-refractivity contribution in [3.63, 3.8) is 0 Å². The molecule has 92 valence electrons. The summed E-state index contributed by atoms with van der Waals surface area (Å²) in [5.74, 6) is -5.17. The third-order valence-electron chi connectivity index (χ3n) is 2.03. The van der Waals surface area contributed by atoms with Gasteiger partial charge in [-0.1, -0.05) is 0 Å². The summed E-state index contributed by atoms with van der Waals surface area (Å²) in [5.41, 5.74) is -1.29. The maximum atomic E-state index is 13.6. The smallest absolute Gasteiger partial charge is 0.379 e. The van der Waals surface area contributed by atoms with Gasteiger partial charge in [0.2, 0.25) is 0 Å². The predicted molar refractivity (Wildman–Crippen MR) is 53.3 cm³/mol. The van der Waals surface area contributed by atoms with Crippen molar-refractivity contribution in [3.05, 3.63) is 23.3 Å². The van der Waals surface area contributed by atoms with Gasteiger partial charge in [0.1, 0.15) is 0 Å². The topological polar surface area (TPSA) is 85.6 Å². The van der Waals surface area contributed by atoms with Crippen LogP contribution in [0.1, 0.15) is 27.8 Å². The highest BCUT2D eigenvalue weighted by molar-refractivity contribution is 6.40. The van der Waals surface area contributed by atoms with Crippen molar-refractivity contribution in [2.75, 3.05) is 6.61 Å². The number of carboxylic acid groups (broad SMARTS) is 1. The number of hydrogen-bond donors (Lipinski definition) is 1. The zero-order valence-electron chi connectivity index (χ0n) is 9.19. The lowest BCUT2D eigenvalue weighted by atomic mass is 10.2. The molecule has 7 heteroatoms. The van der Waals surface area contributed by atoms with E-state index in [1.807, 2.05) is 0 Å². The number of ketones is 1. The van der Waals surface area contributed by atoms with Gasteiger partial charge in [0.25, 0.3) is 5.78 Å². The molecule has 1 aromatic heterocycles. The lowest BCUT2D eigenvalue weighted by Gasteiger charge is -1.98. The van der Waals surface area contributed by atoms with Gasteiger partial charge in [-0.2, -0.15) is 0 Å². The van der Waals surface area contributed by atoms with E-state index >= 15 is 0 Å². The molecular formula is C10H10FNO5. The molecule has 1 N–H and O–H groups in total. The number of aryl methyl sites for hydroxylation is 1. The molecular weight excluding hydrogens is 233 g/mol. The first-order valence-electron chi connectivity index (χ1n) is 4.69. The molecule has 0 aliphatic carbocycles. The van der Waals surface area contributed by atoms with Gasteiger partial charge in [0, 0.05) is 13.2 Å². The Balaban J connectivity index is 3.17. The van der Waals surface area contributed by atoms with Gasteiger partial charge in [-0.25, -0.2) is 14.0 Å². The molecule has 0 aliphatic heterocycles. The third kappa shape index (κ3) is 2.32. The molecule has 0 aliphatic rings. The van der Waals surface area contributed by atoms with Crippen LogP contribution in [0.25, 0.3) is 0 Å². The zero-order chi connectivity index (χ0) is 13.2. The minimum atomic E-state index is -1.52. The lowest BCUT2D eigenvalue weighted by Crippen LogP contribution is -2.18. The number of hydrogen-bond acceptors (Lipinski definition) is 4. The second kappa shape index (κ2) is 4.77. The van der Waals surface area contributed by atoms with Crippen LogP contribution in [0.3, 0.4) is 0 Å². The Morgan fingerprint density at radius 2 is 2.06 bits per heavy atom. The van der Waals surface area contributed by atoms with Gasteiger partial charge in [-0.3, -0.25) is 4.79 Å². The van der Waals surface area contributed by atoms with E-state index in [2.05, 4.69) is 4.74 Å². The summed E-state index contributed by atoms with van der Waals surface area (Å²) < 4.78 is 18.9. The quantitative estimate of drug-likeness (QED) is 0.475. The van der Waals surface area contributed by atoms with E-state index in [1.165, 1.54) is 14.0 Å². The Kier molecular flexibility index (Phi) is 3.62. The van der Waals surface area contributed by atoms with Crippen LogP contribution in [0.2, 0.25) is 0 Å².